The highest BCUT2D eigenvalue weighted by Gasteiger charge is 2.46. The number of nitrogens with zero attached hydrogens (tertiary/aromatic N) is 2. The zero-order valence-electron chi connectivity index (χ0n) is 12.3. The maximum Gasteiger partial charge on any atom is 0.270 e. The van der Waals surface area contributed by atoms with Gasteiger partial charge in [-0.25, -0.2) is 4.98 Å². The first-order valence-electron chi connectivity index (χ1n) is 7.64. The number of carbonyl (C=O) groups excluding carboxylic acids is 2. The van der Waals surface area contributed by atoms with Crippen LogP contribution in [-0.4, -0.2) is 39.8 Å². The molecule has 3 rings (SSSR count). The first-order valence-corrected chi connectivity index (χ1v) is 8.58. The molecule has 0 bridgehead atoms. The third-order valence-electron chi connectivity index (χ3n) is 4.91. The summed E-state index contributed by atoms with van der Waals surface area (Å²) < 4.78 is 0. The summed E-state index contributed by atoms with van der Waals surface area (Å²) in [5.74, 6) is 0.217. The van der Waals surface area contributed by atoms with Gasteiger partial charge in [-0.3, -0.25) is 9.59 Å². The van der Waals surface area contributed by atoms with Gasteiger partial charge in [-0.2, -0.15) is 0 Å². The number of hydrogen-bond acceptors (Lipinski definition) is 4. The number of amides is 2. The summed E-state index contributed by atoms with van der Waals surface area (Å²) >= 11 is 1.43. The van der Waals surface area contributed by atoms with Crippen LogP contribution in [-0.2, 0) is 4.79 Å². The van der Waals surface area contributed by atoms with Crippen molar-refractivity contribution >= 4 is 23.2 Å². The molecule has 6 heteroatoms. The SMILES string of the molecule is CCN1C(=O)CCC12CCC(NC(=O)c1cscn1)CC2. The lowest BCUT2D eigenvalue weighted by Crippen LogP contribution is -2.51. The van der Waals surface area contributed by atoms with E-state index in [0.29, 0.717) is 18.0 Å². The lowest BCUT2D eigenvalue weighted by atomic mass is 9.77. The van der Waals surface area contributed by atoms with Crippen molar-refractivity contribution in [3.8, 4) is 0 Å². The molecule has 2 heterocycles. The van der Waals surface area contributed by atoms with E-state index in [4.69, 9.17) is 0 Å². The van der Waals surface area contributed by atoms with Gasteiger partial charge in [0.15, 0.2) is 0 Å². The molecule has 0 unspecified atom stereocenters. The Bertz CT molecular complexity index is 521. The van der Waals surface area contributed by atoms with Crippen LogP contribution >= 0.6 is 11.3 Å². The maximum atomic E-state index is 12.0. The van der Waals surface area contributed by atoms with Crippen LogP contribution in [0, 0.1) is 0 Å². The molecule has 0 aromatic carbocycles. The number of aromatic nitrogens is 1. The number of carbonyl (C=O) groups is 2. The second kappa shape index (κ2) is 5.75. The first-order chi connectivity index (χ1) is 10.1. The summed E-state index contributed by atoms with van der Waals surface area (Å²) in [6.45, 7) is 2.86. The third-order valence-corrected chi connectivity index (χ3v) is 5.50. The molecule has 2 aliphatic rings. The Kier molecular flexibility index (Phi) is 3.97. The van der Waals surface area contributed by atoms with Gasteiger partial charge in [-0.05, 0) is 39.0 Å². The molecule has 1 aliphatic carbocycles. The van der Waals surface area contributed by atoms with Crippen LogP contribution in [0.4, 0.5) is 0 Å². The summed E-state index contributed by atoms with van der Waals surface area (Å²) in [6, 6.07) is 0.208. The van der Waals surface area contributed by atoms with E-state index in [1.54, 1.807) is 10.9 Å². The van der Waals surface area contributed by atoms with E-state index in [9.17, 15) is 9.59 Å². The zero-order valence-corrected chi connectivity index (χ0v) is 13.1. The van der Waals surface area contributed by atoms with Crippen molar-refractivity contribution in [2.75, 3.05) is 6.54 Å². The molecule has 0 radical (unpaired) electrons. The molecule has 1 N–H and O–H groups in total. The molecule has 2 fully saturated rings. The van der Waals surface area contributed by atoms with Crippen molar-refractivity contribution in [3.05, 3.63) is 16.6 Å². The van der Waals surface area contributed by atoms with E-state index >= 15 is 0 Å². The highest BCUT2D eigenvalue weighted by atomic mass is 32.1. The fourth-order valence-electron chi connectivity index (χ4n) is 3.79. The summed E-state index contributed by atoms with van der Waals surface area (Å²) in [6.07, 6.45) is 5.54. The monoisotopic (exact) mass is 307 g/mol. The van der Waals surface area contributed by atoms with Gasteiger partial charge in [0.2, 0.25) is 5.91 Å². The lowest BCUT2D eigenvalue weighted by molar-refractivity contribution is -0.131. The molecule has 1 aliphatic heterocycles. The smallest absolute Gasteiger partial charge is 0.270 e. The van der Waals surface area contributed by atoms with Crippen LogP contribution in [0.1, 0.15) is 55.9 Å². The van der Waals surface area contributed by atoms with Gasteiger partial charge in [-0.1, -0.05) is 0 Å². The number of rotatable bonds is 3. The Balaban J connectivity index is 1.58. The molecule has 1 aromatic heterocycles. The minimum atomic E-state index is -0.0768. The summed E-state index contributed by atoms with van der Waals surface area (Å²) in [5.41, 5.74) is 2.24. The second-order valence-corrected chi connectivity index (χ2v) is 6.70. The van der Waals surface area contributed by atoms with Crippen molar-refractivity contribution in [1.29, 1.82) is 0 Å². The molecule has 1 spiro atoms. The third kappa shape index (κ3) is 2.69. The van der Waals surface area contributed by atoms with Gasteiger partial charge in [-0.15, -0.1) is 11.3 Å². The van der Waals surface area contributed by atoms with E-state index in [1.807, 2.05) is 0 Å². The van der Waals surface area contributed by atoms with Crippen molar-refractivity contribution in [1.82, 2.24) is 15.2 Å². The molecule has 1 saturated heterocycles. The number of hydrogen-bond donors (Lipinski definition) is 1. The fraction of sp³-hybridized carbons (Fsp3) is 0.667. The van der Waals surface area contributed by atoms with Gasteiger partial charge in [0, 0.05) is 29.9 Å². The van der Waals surface area contributed by atoms with Crippen molar-refractivity contribution in [2.24, 2.45) is 0 Å². The number of nitrogens with one attached hydrogen (secondary N) is 1. The summed E-state index contributed by atoms with van der Waals surface area (Å²) in [7, 11) is 0. The highest BCUT2D eigenvalue weighted by Crippen LogP contribution is 2.42. The van der Waals surface area contributed by atoms with Crippen LogP contribution in [0.3, 0.4) is 0 Å². The second-order valence-electron chi connectivity index (χ2n) is 5.98. The minimum absolute atomic E-state index is 0.0632. The molecular formula is C15H21N3O2S. The largest absolute Gasteiger partial charge is 0.348 e. The predicted molar refractivity (Wildman–Crippen MR) is 81.2 cm³/mol. The van der Waals surface area contributed by atoms with E-state index in [0.717, 1.165) is 38.6 Å². The van der Waals surface area contributed by atoms with E-state index in [1.165, 1.54) is 11.3 Å². The van der Waals surface area contributed by atoms with Crippen molar-refractivity contribution in [3.63, 3.8) is 0 Å². The minimum Gasteiger partial charge on any atom is -0.348 e. The Morgan fingerprint density at radius 1 is 1.48 bits per heavy atom. The number of thiazole rings is 1. The Labute approximate surface area is 128 Å². The van der Waals surface area contributed by atoms with Crippen molar-refractivity contribution in [2.45, 2.75) is 57.0 Å². The van der Waals surface area contributed by atoms with Crippen LogP contribution in [0.15, 0.2) is 10.9 Å². The standard InChI is InChI=1S/C15H21N3O2S/c1-2-18-13(19)5-8-15(18)6-3-11(4-7-15)17-14(20)12-9-21-10-16-12/h9-11H,2-8H2,1H3,(H,17,20). The van der Waals surface area contributed by atoms with Gasteiger partial charge < -0.3 is 10.2 Å². The highest BCUT2D eigenvalue weighted by molar-refractivity contribution is 7.07. The Morgan fingerprint density at radius 2 is 2.24 bits per heavy atom. The van der Waals surface area contributed by atoms with E-state index in [2.05, 4.69) is 22.1 Å². The van der Waals surface area contributed by atoms with Crippen LogP contribution < -0.4 is 5.32 Å². The summed E-state index contributed by atoms with van der Waals surface area (Å²) in [4.78, 5) is 30.1. The molecule has 5 nitrogen and oxygen atoms in total. The molecule has 1 aromatic rings. The van der Waals surface area contributed by atoms with Crippen LogP contribution in [0.2, 0.25) is 0 Å². The Hall–Kier alpha value is -1.43. The van der Waals surface area contributed by atoms with E-state index in [-0.39, 0.29) is 17.5 Å². The molecule has 0 atom stereocenters. The van der Waals surface area contributed by atoms with Crippen molar-refractivity contribution < 1.29 is 9.59 Å². The normalized spacial score (nSPS) is 29.1. The molecule has 21 heavy (non-hydrogen) atoms. The lowest BCUT2D eigenvalue weighted by Gasteiger charge is -2.43. The molecule has 114 valence electrons. The zero-order chi connectivity index (χ0) is 14.9. The average molecular weight is 307 g/mol. The van der Waals surface area contributed by atoms with Gasteiger partial charge >= 0.3 is 0 Å². The summed E-state index contributed by atoms with van der Waals surface area (Å²) in [5, 5.41) is 4.85. The quantitative estimate of drug-likeness (QED) is 0.931. The van der Waals surface area contributed by atoms with Gasteiger partial charge in [0.25, 0.3) is 5.91 Å². The molecule has 1 saturated carbocycles. The topological polar surface area (TPSA) is 62.3 Å². The maximum absolute atomic E-state index is 12.0. The van der Waals surface area contributed by atoms with E-state index < -0.39 is 0 Å². The molecule has 2 amide bonds. The predicted octanol–water partition coefficient (Wildman–Crippen LogP) is 2.20. The average Bonchev–Trinajstić information content (AvgIpc) is 3.11. The van der Waals surface area contributed by atoms with Crippen LogP contribution in [0.5, 0.6) is 0 Å². The number of likely N-dealkylation sites (tertiary alicyclic amines) is 1. The van der Waals surface area contributed by atoms with Crippen LogP contribution in [0.25, 0.3) is 0 Å². The fourth-order valence-corrected chi connectivity index (χ4v) is 4.32. The van der Waals surface area contributed by atoms with Gasteiger partial charge in [0.1, 0.15) is 5.69 Å². The molecular weight excluding hydrogens is 286 g/mol. The first kappa shape index (κ1) is 14.5. The van der Waals surface area contributed by atoms with Gasteiger partial charge in [0.05, 0.1) is 5.51 Å². The Morgan fingerprint density at radius 3 is 2.86 bits per heavy atom.